The summed E-state index contributed by atoms with van der Waals surface area (Å²) in [7, 11) is 0. The molecule has 1 unspecified atom stereocenters. The monoisotopic (exact) mass is 236 g/mol. The molecule has 0 amide bonds. The lowest BCUT2D eigenvalue weighted by molar-refractivity contribution is -0.146. The Labute approximate surface area is 100 Å². The highest BCUT2D eigenvalue weighted by Gasteiger charge is 2.08. The fourth-order valence-corrected chi connectivity index (χ4v) is 1.12. The van der Waals surface area contributed by atoms with Crippen molar-refractivity contribution in [2.24, 2.45) is 0 Å². The molecule has 0 fully saturated rings. The molecule has 1 aromatic rings. The van der Waals surface area contributed by atoms with Crippen molar-refractivity contribution >= 4 is 5.97 Å². The highest BCUT2D eigenvalue weighted by molar-refractivity contribution is 5.70. The second-order valence-electron chi connectivity index (χ2n) is 3.45. The van der Waals surface area contributed by atoms with Crippen LogP contribution in [-0.4, -0.2) is 30.4 Å². The molecule has 4 heteroatoms. The Morgan fingerprint density at radius 2 is 2.06 bits per heavy atom. The zero-order valence-electron chi connectivity index (χ0n) is 9.54. The molecule has 0 spiro atoms. The van der Waals surface area contributed by atoms with Crippen molar-refractivity contribution in [1.82, 2.24) is 0 Å². The molecular weight excluding hydrogens is 220 g/mol. The van der Waals surface area contributed by atoms with Gasteiger partial charge in [0.2, 0.25) is 0 Å². The summed E-state index contributed by atoms with van der Waals surface area (Å²) in [5.41, 5.74) is 0. The van der Waals surface area contributed by atoms with Gasteiger partial charge < -0.3 is 14.6 Å². The molecule has 0 saturated heterocycles. The van der Waals surface area contributed by atoms with Gasteiger partial charge in [-0.15, -0.1) is 6.58 Å². The van der Waals surface area contributed by atoms with Crippen LogP contribution in [0.1, 0.15) is 6.42 Å². The Hall–Kier alpha value is -1.81. The zero-order chi connectivity index (χ0) is 12.5. The molecule has 1 aromatic carbocycles. The van der Waals surface area contributed by atoms with Crippen LogP contribution in [0.2, 0.25) is 0 Å². The number of rotatable bonds is 7. The van der Waals surface area contributed by atoms with Gasteiger partial charge in [-0.05, 0) is 12.1 Å². The summed E-state index contributed by atoms with van der Waals surface area (Å²) in [4.78, 5) is 11.0. The van der Waals surface area contributed by atoms with E-state index >= 15 is 0 Å². The molecule has 0 aliphatic heterocycles. The highest BCUT2D eigenvalue weighted by Crippen LogP contribution is 2.08. The van der Waals surface area contributed by atoms with Gasteiger partial charge in [-0.25, -0.2) is 0 Å². The second-order valence-corrected chi connectivity index (χ2v) is 3.45. The summed E-state index contributed by atoms with van der Waals surface area (Å²) < 4.78 is 10.1. The molecule has 0 aliphatic rings. The van der Waals surface area contributed by atoms with E-state index in [1.807, 2.05) is 18.2 Å². The van der Waals surface area contributed by atoms with E-state index in [0.717, 1.165) is 0 Å². The summed E-state index contributed by atoms with van der Waals surface area (Å²) in [5, 5.41) is 9.50. The van der Waals surface area contributed by atoms with Crippen LogP contribution in [0, 0.1) is 0 Å². The van der Waals surface area contributed by atoms with Crippen molar-refractivity contribution in [3.05, 3.63) is 43.0 Å². The van der Waals surface area contributed by atoms with Gasteiger partial charge >= 0.3 is 5.97 Å². The first-order chi connectivity index (χ1) is 8.22. The minimum Gasteiger partial charge on any atom is -0.491 e. The Kier molecular flexibility index (Phi) is 5.82. The zero-order valence-corrected chi connectivity index (χ0v) is 9.54. The van der Waals surface area contributed by atoms with Gasteiger partial charge in [-0.2, -0.15) is 0 Å². The van der Waals surface area contributed by atoms with Crippen molar-refractivity contribution in [3.8, 4) is 5.75 Å². The molecule has 0 saturated carbocycles. The molecule has 1 N–H and O–H groups in total. The minimum atomic E-state index is -0.830. The van der Waals surface area contributed by atoms with Crippen molar-refractivity contribution in [3.63, 3.8) is 0 Å². The normalized spacial score (nSPS) is 11.6. The van der Waals surface area contributed by atoms with Crippen LogP contribution in [0.4, 0.5) is 0 Å². The van der Waals surface area contributed by atoms with Crippen LogP contribution in [0.5, 0.6) is 5.75 Å². The van der Waals surface area contributed by atoms with E-state index in [4.69, 9.17) is 9.47 Å². The first-order valence-corrected chi connectivity index (χ1v) is 5.35. The molecule has 4 nitrogen and oxygen atoms in total. The molecule has 0 bridgehead atoms. The molecule has 0 aliphatic carbocycles. The first-order valence-electron chi connectivity index (χ1n) is 5.35. The van der Waals surface area contributed by atoms with Crippen LogP contribution in [0.25, 0.3) is 0 Å². The molecule has 0 heterocycles. The summed E-state index contributed by atoms with van der Waals surface area (Å²) in [6.45, 7) is 3.43. The quantitative estimate of drug-likeness (QED) is 0.576. The maximum absolute atomic E-state index is 11.0. The Balaban J connectivity index is 2.19. The van der Waals surface area contributed by atoms with Gasteiger partial charge in [0, 0.05) is 0 Å². The number of carbonyl (C=O) groups excluding carboxylic acids is 1. The topological polar surface area (TPSA) is 55.8 Å². The van der Waals surface area contributed by atoms with Crippen molar-refractivity contribution in [2.45, 2.75) is 12.5 Å². The lowest BCUT2D eigenvalue weighted by atomic mass is 10.3. The standard InChI is InChI=1S/C13H16O4/c1-2-6-13(15)17-10-11(14)9-16-12-7-4-3-5-8-12/h2-5,7-8,11,14H,1,6,9-10H2. The molecule has 1 atom stereocenters. The van der Waals surface area contributed by atoms with Crippen LogP contribution in [0.3, 0.4) is 0 Å². The van der Waals surface area contributed by atoms with Crippen LogP contribution >= 0.6 is 0 Å². The van der Waals surface area contributed by atoms with Gasteiger partial charge in [-0.1, -0.05) is 24.3 Å². The van der Waals surface area contributed by atoms with Gasteiger partial charge in [-0.3, -0.25) is 4.79 Å². The van der Waals surface area contributed by atoms with E-state index < -0.39 is 12.1 Å². The third-order valence-corrected chi connectivity index (χ3v) is 1.93. The molecule has 0 aromatic heterocycles. The van der Waals surface area contributed by atoms with Crippen LogP contribution < -0.4 is 4.74 Å². The van der Waals surface area contributed by atoms with Crippen LogP contribution in [-0.2, 0) is 9.53 Å². The lowest BCUT2D eigenvalue weighted by Gasteiger charge is -2.12. The van der Waals surface area contributed by atoms with Crippen LogP contribution in [0.15, 0.2) is 43.0 Å². The smallest absolute Gasteiger partial charge is 0.309 e. The Bertz CT molecular complexity index is 348. The number of ether oxygens (including phenoxy) is 2. The van der Waals surface area contributed by atoms with Gasteiger partial charge in [0.1, 0.15) is 25.1 Å². The second kappa shape index (κ2) is 7.46. The Morgan fingerprint density at radius 3 is 2.71 bits per heavy atom. The Morgan fingerprint density at radius 1 is 1.35 bits per heavy atom. The predicted octanol–water partition coefficient (Wildman–Crippen LogP) is 1.55. The third-order valence-electron chi connectivity index (χ3n) is 1.93. The average Bonchev–Trinajstić information content (AvgIpc) is 2.35. The van der Waals surface area contributed by atoms with E-state index in [1.165, 1.54) is 6.08 Å². The van der Waals surface area contributed by atoms with E-state index in [1.54, 1.807) is 12.1 Å². The summed E-state index contributed by atoms with van der Waals surface area (Å²) in [6.07, 6.45) is 0.769. The minimum absolute atomic E-state index is 0.0699. The number of hydrogen-bond donors (Lipinski definition) is 1. The van der Waals surface area contributed by atoms with Crippen molar-refractivity contribution in [2.75, 3.05) is 13.2 Å². The highest BCUT2D eigenvalue weighted by atomic mass is 16.5. The summed E-state index contributed by atoms with van der Waals surface area (Å²) in [5.74, 6) is 0.266. The van der Waals surface area contributed by atoms with Gasteiger partial charge in [0.25, 0.3) is 0 Å². The maximum Gasteiger partial charge on any atom is 0.309 e. The number of carbonyl (C=O) groups is 1. The SMILES string of the molecule is C=CCC(=O)OCC(O)COc1ccccc1. The van der Waals surface area contributed by atoms with E-state index in [2.05, 4.69) is 6.58 Å². The molecule has 92 valence electrons. The van der Waals surface area contributed by atoms with Gasteiger partial charge in [0.05, 0.1) is 6.42 Å². The van der Waals surface area contributed by atoms with E-state index in [9.17, 15) is 9.90 Å². The van der Waals surface area contributed by atoms with Crippen molar-refractivity contribution in [1.29, 1.82) is 0 Å². The number of para-hydroxylation sites is 1. The number of esters is 1. The molecule has 1 rings (SSSR count). The molecular formula is C13H16O4. The maximum atomic E-state index is 11.0. The lowest BCUT2D eigenvalue weighted by Crippen LogP contribution is -2.25. The van der Waals surface area contributed by atoms with E-state index in [-0.39, 0.29) is 19.6 Å². The third kappa shape index (κ3) is 5.73. The summed E-state index contributed by atoms with van der Waals surface area (Å²) in [6, 6.07) is 9.13. The largest absolute Gasteiger partial charge is 0.491 e. The number of benzene rings is 1. The molecule has 0 radical (unpaired) electrons. The van der Waals surface area contributed by atoms with E-state index in [0.29, 0.717) is 5.75 Å². The number of hydrogen-bond acceptors (Lipinski definition) is 4. The fraction of sp³-hybridized carbons (Fsp3) is 0.308. The predicted molar refractivity (Wildman–Crippen MR) is 63.7 cm³/mol. The first kappa shape index (κ1) is 13.3. The average molecular weight is 236 g/mol. The number of aliphatic hydroxyl groups excluding tert-OH is 1. The molecule has 17 heavy (non-hydrogen) atoms. The van der Waals surface area contributed by atoms with Gasteiger partial charge in [0.15, 0.2) is 0 Å². The summed E-state index contributed by atoms with van der Waals surface area (Å²) >= 11 is 0. The van der Waals surface area contributed by atoms with Crippen molar-refractivity contribution < 1.29 is 19.4 Å². The fourth-order valence-electron chi connectivity index (χ4n) is 1.12. The number of aliphatic hydroxyl groups is 1.